The minimum absolute atomic E-state index is 0.103. The Labute approximate surface area is 131 Å². The molecule has 0 spiro atoms. The van der Waals surface area contributed by atoms with E-state index in [0.717, 1.165) is 12.8 Å². The zero-order valence-corrected chi connectivity index (χ0v) is 13.3. The predicted molar refractivity (Wildman–Crippen MR) is 85.7 cm³/mol. The number of carboxylic acids is 1. The Bertz CT molecular complexity index is 522. The van der Waals surface area contributed by atoms with Crippen LogP contribution in [0.3, 0.4) is 0 Å². The standard InChI is InChI=1S/C18H25NO3/c1-12(2)14-7-5-13(6-8-14)4-3-11-19-17(20)15-9-10-16(15)18(21)22/h5-8,12,15-16H,3-4,9-11H2,1-2H3,(H,19,20)(H,21,22). The van der Waals surface area contributed by atoms with E-state index in [2.05, 4.69) is 43.4 Å². The van der Waals surface area contributed by atoms with Gasteiger partial charge in [-0.2, -0.15) is 0 Å². The molecule has 22 heavy (non-hydrogen) atoms. The number of carbonyl (C=O) groups is 2. The topological polar surface area (TPSA) is 66.4 Å². The van der Waals surface area contributed by atoms with E-state index in [1.165, 1.54) is 11.1 Å². The Morgan fingerprint density at radius 1 is 1.18 bits per heavy atom. The molecule has 1 fully saturated rings. The Hall–Kier alpha value is -1.84. The largest absolute Gasteiger partial charge is 0.481 e. The highest BCUT2D eigenvalue weighted by Crippen LogP contribution is 2.34. The van der Waals surface area contributed by atoms with E-state index in [1.807, 2.05) is 0 Å². The maximum atomic E-state index is 11.9. The number of hydrogen-bond acceptors (Lipinski definition) is 2. The van der Waals surface area contributed by atoms with Crippen LogP contribution in [0.5, 0.6) is 0 Å². The highest BCUT2D eigenvalue weighted by Gasteiger charge is 2.41. The molecule has 1 aromatic carbocycles. The van der Waals surface area contributed by atoms with Crippen LogP contribution in [0.2, 0.25) is 0 Å². The molecule has 2 rings (SSSR count). The van der Waals surface area contributed by atoms with Crippen molar-refractivity contribution in [2.75, 3.05) is 6.54 Å². The second-order valence-corrected chi connectivity index (χ2v) is 6.42. The van der Waals surface area contributed by atoms with Crippen LogP contribution in [-0.2, 0) is 16.0 Å². The van der Waals surface area contributed by atoms with Crippen LogP contribution in [0.15, 0.2) is 24.3 Å². The lowest BCUT2D eigenvalue weighted by Gasteiger charge is -2.31. The first-order valence-corrected chi connectivity index (χ1v) is 8.08. The zero-order chi connectivity index (χ0) is 16.1. The Balaban J connectivity index is 1.69. The highest BCUT2D eigenvalue weighted by atomic mass is 16.4. The number of carbonyl (C=O) groups excluding carboxylic acids is 1. The Kier molecular flexibility index (Phi) is 5.58. The fraction of sp³-hybridized carbons (Fsp3) is 0.556. The summed E-state index contributed by atoms with van der Waals surface area (Å²) in [6, 6.07) is 8.60. The molecule has 1 aromatic rings. The predicted octanol–water partition coefficient (Wildman–Crippen LogP) is 2.97. The van der Waals surface area contributed by atoms with Crippen molar-refractivity contribution >= 4 is 11.9 Å². The molecule has 0 saturated heterocycles. The van der Waals surface area contributed by atoms with E-state index < -0.39 is 11.9 Å². The first-order chi connectivity index (χ1) is 10.5. The van der Waals surface area contributed by atoms with Gasteiger partial charge in [0, 0.05) is 6.54 Å². The van der Waals surface area contributed by atoms with Gasteiger partial charge in [0.15, 0.2) is 0 Å². The lowest BCUT2D eigenvalue weighted by atomic mass is 9.73. The van der Waals surface area contributed by atoms with Gasteiger partial charge < -0.3 is 10.4 Å². The summed E-state index contributed by atoms with van der Waals surface area (Å²) < 4.78 is 0. The van der Waals surface area contributed by atoms with Crippen LogP contribution in [0.25, 0.3) is 0 Å². The van der Waals surface area contributed by atoms with E-state index in [0.29, 0.717) is 25.3 Å². The monoisotopic (exact) mass is 303 g/mol. The van der Waals surface area contributed by atoms with Crippen molar-refractivity contribution in [3.05, 3.63) is 35.4 Å². The average Bonchev–Trinajstić information content (AvgIpc) is 2.42. The molecule has 0 bridgehead atoms. The van der Waals surface area contributed by atoms with Crippen molar-refractivity contribution in [3.8, 4) is 0 Å². The number of nitrogens with one attached hydrogen (secondary N) is 1. The normalized spacial score (nSPS) is 20.5. The number of rotatable bonds is 7. The SMILES string of the molecule is CC(C)c1ccc(CCCNC(=O)C2CCC2C(=O)O)cc1. The summed E-state index contributed by atoms with van der Waals surface area (Å²) >= 11 is 0. The molecular formula is C18H25NO3. The molecule has 1 aliphatic carbocycles. The van der Waals surface area contributed by atoms with Gasteiger partial charge in [0.25, 0.3) is 0 Å². The summed E-state index contributed by atoms with van der Waals surface area (Å²) in [5, 5.41) is 11.8. The van der Waals surface area contributed by atoms with Crippen molar-refractivity contribution in [1.29, 1.82) is 0 Å². The number of aliphatic carboxylic acids is 1. The van der Waals surface area contributed by atoms with E-state index in [4.69, 9.17) is 5.11 Å². The minimum Gasteiger partial charge on any atom is -0.481 e. The highest BCUT2D eigenvalue weighted by molar-refractivity contribution is 5.86. The number of hydrogen-bond donors (Lipinski definition) is 2. The summed E-state index contributed by atoms with van der Waals surface area (Å²) in [4.78, 5) is 22.8. The number of aryl methyl sites for hydroxylation is 1. The van der Waals surface area contributed by atoms with Gasteiger partial charge in [-0.25, -0.2) is 0 Å². The maximum absolute atomic E-state index is 11.9. The third kappa shape index (κ3) is 4.09. The quantitative estimate of drug-likeness (QED) is 0.761. The summed E-state index contributed by atoms with van der Waals surface area (Å²) in [5.41, 5.74) is 2.60. The smallest absolute Gasteiger partial charge is 0.307 e. The molecule has 1 aliphatic rings. The van der Waals surface area contributed by atoms with Crippen LogP contribution in [0, 0.1) is 11.8 Å². The summed E-state index contributed by atoms with van der Waals surface area (Å²) in [6.07, 6.45) is 3.11. The molecular weight excluding hydrogens is 278 g/mol. The van der Waals surface area contributed by atoms with Gasteiger partial charge in [-0.3, -0.25) is 9.59 Å². The van der Waals surface area contributed by atoms with Crippen LogP contribution in [0.1, 0.15) is 50.2 Å². The summed E-state index contributed by atoms with van der Waals surface area (Å²) in [7, 11) is 0. The second-order valence-electron chi connectivity index (χ2n) is 6.42. The molecule has 0 aliphatic heterocycles. The molecule has 0 radical (unpaired) electrons. The molecule has 120 valence electrons. The van der Waals surface area contributed by atoms with Crippen molar-refractivity contribution in [1.82, 2.24) is 5.32 Å². The summed E-state index contributed by atoms with van der Waals surface area (Å²) in [5.74, 6) is -1.23. The van der Waals surface area contributed by atoms with Gasteiger partial charge in [-0.05, 0) is 42.7 Å². The van der Waals surface area contributed by atoms with E-state index >= 15 is 0 Å². The average molecular weight is 303 g/mol. The molecule has 2 N–H and O–H groups in total. The molecule has 0 aromatic heterocycles. The Morgan fingerprint density at radius 3 is 2.32 bits per heavy atom. The fourth-order valence-corrected chi connectivity index (χ4v) is 2.81. The molecule has 2 atom stereocenters. The minimum atomic E-state index is -0.850. The van der Waals surface area contributed by atoms with Crippen molar-refractivity contribution in [3.63, 3.8) is 0 Å². The molecule has 1 saturated carbocycles. The van der Waals surface area contributed by atoms with Gasteiger partial charge in [0.2, 0.25) is 5.91 Å². The van der Waals surface area contributed by atoms with Crippen molar-refractivity contribution in [2.24, 2.45) is 11.8 Å². The molecule has 4 nitrogen and oxygen atoms in total. The maximum Gasteiger partial charge on any atom is 0.307 e. The molecule has 2 unspecified atom stereocenters. The molecule has 1 amide bonds. The van der Waals surface area contributed by atoms with Gasteiger partial charge >= 0.3 is 5.97 Å². The number of benzene rings is 1. The third-order valence-electron chi connectivity index (χ3n) is 4.52. The van der Waals surface area contributed by atoms with E-state index in [9.17, 15) is 9.59 Å². The van der Waals surface area contributed by atoms with Gasteiger partial charge in [-0.15, -0.1) is 0 Å². The van der Waals surface area contributed by atoms with Crippen molar-refractivity contribution in [2.45, 2.75) is 45.4 Å². The first kappa shape index (κ1) is 16.5. The number of carboxylic acid groups (broad SMARTS) is 1. The van der Waals surface area contributed by atoms with E-state index in [1.54, 1.807) is 0 Å². The second kappa shape index (κ2) is 7.43. The van der Waals surface area contributed by atoms with Crippen LogP contribution < -0.4 is 5.32 Å². The number of amides is 1. The van der Waals surface area contributed by atoms with Crippen LogP contribution >= 0.6 is 0 Å². The van der Waals surface area contributed by atoms with Crippen molar-refractivity contribution < 1.29 is 14.7 Å². The lowest BCUT2D eigenvalue weighted by molar-refractivity contribution is -0.152. The van der Waals surface area contributed by atoms with Crippen LogP contribution in [0.4, 0.5) is 0 Å². The van der Waals surface area contributed by atoms with Gasteiger partial charge in [0.05, 0.1) is 11.8 Å². The van der Waals surface area contributed by atoms with E-state index in [-0.39, 0.29) is 11.8 Å². The Morgan fingerprint density at radius 2 is 1.82 bits per heavy atom. The van der Waals surface area contributed by atoms with Gasteiger partial charge in [0.1, 0.15) is 0 Å². The third-order valence-corrected chi connectivity index (χ3v) is 4.52. The summed E-state index contributed by atoms with van der Waals surface area (Å²) in [6.45, 7) is 4.96. The molecule has 0 heterocycles. The lowest BCUT2D eigenvalue weighted by Crippen LogP contribution is -2.44. The van der Waals surface area contributed by atoms with Gasteiger partial charge in [-0.1, -0.05) is 38.1 Å². The first-order valence-electron chi connectivity index (χ1n) is 8.08. The zero-order valence-electron chi connectivity index (χ0n) is 13.3. The fourth-order valence-electron chi connectivity index (χ4n) is 2.81. The molecule has 4 heteroatoms. The van der Waals surface area contributed by atoms with Crippen LogP contribution in [-0.4, -0.2) is 23.5 Å².